The van der Waals surface area contributed by atoms with Gasteiger partial charge in [-0.05, 0) is 44.2 Å². The number of amides is 1. The Morgan fingerprint density at radius 2 is 1.76 bits per heavy atom. The van der Waals surface area contributed by atoms with Crippen LogP contribution in [0.5, 0.6) is 5.75 Å². The molecule has 0 fully saturated rings. The van der Waals surface area contributed by atoms with Crippen molar-refractivity contribution in [2.75, 3.05) is 0 Å². The second kappa shape index (κ2) is 7.01. The summed E-state index contributed by atoms with van der Waals surface area (Å²) < 4.78 is 12.8. The van der Waals surface area contributed by atoms with Crippen LogP contribution in [-0.2, 0) is 4.79 Å². The number of carboxylic acids is 1. The number of hydrogen-bond donors (Lipinski definition) is 3. The zero-order chi connectivity index (χ0) is 18.6. The van der Waals surface area contributed by atoms with Crippen LogP contribution in [0, 0.1) is 17.7 Å². The molecule has 0 aliphatic heterocycles. The van der Waals surface area contributed by atoms with Crippen LogP contribution in [-0.4, -0.2) is 32.6 Å². The summed E-state index contributed by atoms with van der Waals surface area (Å²) in [6, 6.07) is 6.80. The fraction of sp³-hybridized carbons (Fsp3) is 0.167. The van der Waals surface area contributed by atoms with Crippen molar-refractivity contribution >= 4 is 11.9 Å². The summed E-state index contributed by atoms with van der Waals surface area (Å²) in [5.41, 5.74) is -0.893. The summed E-state index contributed by atoms with van der Waals surface area (Å²) in [5.74, 6) is 2.67. The largest absolute Gasteiger partial charge is 0.505 e. The first-order valence-corrected chi connectivity index (χ1v) is 7.21. The predicted octanol–water partition coefficient (Wildman–Crippen LogP) is 1.92. The Morgan fingerprint density at radius 3 is 2.32 bits per heavy atom. The number of rotatable bonds is 3. The van der Waals surface area contributed by atoms with E-state index in [2.05, 4.69) is 22.1 Å². The molecule has 0 spiro atoms. The molecule has 1 aromatic heterocycles. The maximum atomic E-state index is 12.8. The maximum absolute atomic E-state index is 12.8. The Balaban J connectivity index is 2.20. The molecule has 0 unspecified atom stereocenters. The standard InChI is InChI=1S/C18H15FN2O4/c1-18(2,17(24)25)21-16(23)15-14(22)9-12(10-20-15)4-3-11-5-7-13(19)8-6-11/h5-10,22H,1-2H3,(H,21,23)(H,24,25). The van der Waals surface area contributed by atoms with Gasteiger partial charge in [0.2, 0.25) is 0 Å². The molecule has 128 valence electrons. The molecule has 6 nitrogen and oxygen atoms in total. The summed E-state index contributed by atoms with van der Waals surface area (Å²) in [5, 5.41) is 21.2. The van der Waals surface area contributed by atoms with Crippen LogP contribution in [0.25, 0.3) is 0 Å². The van der Waals surface area contributed by atoms with Crippen molar-refractivity contribution in [1.82, 2.24) is 10.3 Å². The minimum atomic E-state index is -1.51. The third-order valence-electron chi connectivity index (χ3n) is 3.24. The Kier molecular flexibility index (Phi) is 5.03. The smallest absolute Gasteiger partial charge is 0.328 e. The normalized spacial score (nSPS) is 10.5. The lowest BCUT2D eigenvalue weighted by molar-refractivity contribution is -0.143. The summed E-state index contributed by atoms with van der Waals surface area (Å²) in [6.45, 7) is 2.62. The molecule has 0 saturated carbocycles. The van der Waals surface area contributed by atoms with Gasteiger partial charge in [-0.15, -0.1) is 0 Å². The number of aromatic hydroxyl groups is 1. The van der Waals surface area contributed by atoms with Crippen LogP contribution in [0.3, 0.4) is 0 Å². The first-order chi connectivity index (χ1) is 11.7. The first kappa shape index (κ1) is 17.9. The molecule has 3 N–H and O–H groups in total. The van der Waals surface area contributed by atoms with Gasteiger partial charge in [-0.1, -0.05) is 11.8 Å². The zero-order valence-corrected chi connectivity index (χ0v) is 13.5. The number of pyridine rings is 1. The van der Waals surface area contributed by atoms with E-state index >= 15 is 0 Å². The number of halogens is 1. The first-order valence-electron chi connectivity index (χ1n) is 7.21. The van der Waals surface area contributed by atoms with E-state index in [4.69, 9.17) is 5.11 Å². The van der Waals surface area contributed by atoms with Gasteiger partial charge in [0.25, 0.3) is 5.91 Å². The SMILES string of the molecule is CC(C)(NC(=O)c1ncc(C#Cc2ccc(F)cc2)cc1O)C(=O)O. The number of hydrogen-bond acceptors (Lipinski definition) is 4. The number of aromatic nitrogens is 1. The Hall–Kier alpha value is -3.40. The zero-order valence-electron chi connectivity index (χ0n) is 13.5. The number of aliphatic carboxylic acids is 1. The van der Waals surface area contributed by atoms with Gasteiger partial charge in [0.15, 0.2) is 5.69 Å². The minimum Gasteiger partial charge on any atom is -0.505 e. The van der Waals surface area contributed by atoms with Crippen molar-refractivity contribution in [2.45, 2.75) is 19.4 Å². The van der Waals surface area contributed by atoms with Crippen molar-refractivity contribution in [1.29, 1.82) is 0 Å². The highest BCUT2D eigenvalue weighted by molar-refractivity contribution is 5.98. The van der Waals surface area contributed by atoms with Crippen LogP contribution in [0.4, 0.5) is 4.39 Å². The van der Waals surface area contributed by atoms with E-state index in [0.717, 1.165) is 0 Å². The molecule has 0 saturated heterocycles. The summed E-state index contributed by atoms with van der Waals surface area (Å²) in [7, 11) is 0. The van der Waals surface area contributed by atoms with E-state index in [0.29, 0.717) is 11.1 Å². The molecule has 7 heteroatoms. The van der Waals surface area contributed by atoms with Gasteiger partial charge in [-0.25, -0.2) is 14.2 Å². The van der Waals surface area contributed by atoms with Crippen molar-refractivity contribution in [3.05, 3.63) is 59.2 Å². The molecule has 1 heterocycles. The van der Waals surface area contributed by atoms with Gasteiger partial charge in [0.05, 0.1) is 0 Å². The van der Waals surface area contributed by atoms with Gasteiger partial charge in [-0.3, -0.25) is 4.79 Å². The minimum absolute atomic E-state index is 0.304. The van der Waals surface area contributed by atoms with Crippen molar-refractivity contribution in [2.24, 2.45) is 0 Å². The Bertz CT molecular complexity index is 880. The highest BCUT2D eigenvalue weighted by Gasteiger charge is 2.30. The van der Waals surface area contributed by atoms with Gasteiger partial charge in [0, 0.05) is 17.3 Å². The van der Waals surface area contributed by atoms with Crippen LogP contribution < -0.4 is 5.32 Å². The molecule has 1 amide bonds. The molecule has 0 aliphatic carbocycles. The van der Waals surface area contributed by atoms with Crippen molar-refractivity contribution < 1.29 is 24.2 Å². The van der Waals surface area contributed by atoms with E-state index in [1.807, 2.05) is 0 Å². The van der Waals surface area contributed by atoms with Crippen molar-refractivity contribution in [3.63, 3.8) is 0 Å². The molecule has 0 atom stereocenters. The molecular weight excluding hydrogens is 327 g/mol. The van der Waals surface area contributed by atoms with Crippen molar-refractivity contribution in [3.8, 4) is 17.6 Å². The lowest BCUT2D eigenvalue weighted by Crippen LogP contribution is -2.49. The van der Waals surface area contributed by atoms with Crippen LogP contribution >= 0.6 is 0 Å². The third-order valence-corrected chi connectivity index (χ3v) is 3.24. The highest BCUT2D eigenvalue weighted by atomic mass is 19.1. The van der Waals surface area contributed by atoms with E-state index in [1.165, 1.54) is 50.4 Å². The molecule has 0 bridgehead atoms. The summed E-state index contributed by atoms with van der Waals surface area (Å²) >= 11 is 0. The second-order valence-electron chi connectivity index (χ2n) is 5.73. The predicted molar refractivity (Wildman–Crippen MR) is 87.5 cm³/mol. The number of carboxylic acid groups (broad SMARTS) is 1. The summed E-state index contributed by atoms with van der Waals surface area (Å²) in [4.78, 5) is 26.9. The van der Waals surface area contributed by atoms with Crippen LogP contribution in [0.2, 0.25) is 0 Å². The Morgan fingerprint density at radius 1 is 1.16 bits per heavy atom. The number of benzene rings is 1. The highest BCUT2D eigenvalue weighted by Crippen LogP contribution is 2.17. The van der Waals surface area contributed by atoms with E-state index in [9.17, 15) is 19.1 Å². The van der Waals surface area contributed by atoms with Gasteiger partial charge in [0.1, 0.15) is 17.1 Å². The average molecular weight is 342 g/mol. The fourth-order valence-electron chi connectivity index (χ4n) is 1.77. The molecular formula is C18H15FN2O4. The average Bonchev–Trinajstić information content (AvgIpc) is 2.53. The molecule has 0 radical (unpaired) electrons. The van der Waals surface area contributed by atoms with E-state index in [1.54, 1.807) is 0 Å². The fourth-order valence-corrected chi connectivity index (χ4v) is 1.77. The third kappa shape index (κ3) is 4.54. The molecule has 0 aliphatic rings. The lowest BCUT2D eigenvalue weighted by Gasteiger charge is -2.20. The quantitative estimate of drug-likeness (QED) is 0.740. The van der Waals surface area contributed by atoms with Gasteiger partial charge < -0.3 is 15.5 Å². The monoisotopic (exact) mass is 342 g/mol. The number of nitrogens with one attached hydrogen (secondary N) is 1. The van der Waals surface area contributed by atoms with Gasteiger partial charge >= 0.3 is 5.97 Å². The molecule has 1 aromatic carbocycles. The van der Waals surface area contributed by atoms with E-state index < -0.39 is 23.2 Å². The van der Waals surface area contributed by atoms with Crippen LogP contribution in [0.1, 0.15) is 35.5 Å². The van der Waals surface area contributed by atoms with Gasteiger partial charge in [-0.2, -0.15) is 0 Å². The van der Waals surface area contributed by atoms with E-state index in [-0.39, 0.29) is 11.5 Å². The van der Waals surface area contributed by atoms with Crippen LogP contribution in [0.15, 0.2) is 36.5 Å². The summed E-state index contributed by atoms with van der Waals surface area (Å²) in [6.07, 6.45) is 1.28. The lowest BCUT2D eigenvalue weighted by atomic mass is 10.1. The maximum Gasteiger partial charge on any atom is 0.328 e. The Labute approximate surface area is 143 Å². The number of carbonyl (C=O) groups is 2. The number of carbonyl (C=O) groups excluding carboxylic acids is 1. The second-order valence-corrected chi connectivity index (χ2v) is 5.73. The number of nitrogens with zero attached hydrogens (tertiary/aromatic N) is 1. The molecule has 2 rings (SSSR count). The molecule has 2 aromatic rings. The topological polar surface area (TPSA) is 99.5 Å². The molecule has 25 heavy (non-hydrogen) atoms.